The van der Waals surface area contributed by atoms with Gasteiger partial charge < -0.3 is 16.0 Å². The molecule has 6 nitrogen and oxygen atoms in total. The number of H-pyrrole nitrogens is 1. The lowest BCUT2D eigenvalue weighted by Crippen LogP contribution is -2.15. The third-order valence-corrected chi connectivity index (χ3v) is 2.82. The van der Waals surface area contributed by atoms with Gasteiger partial charge in [-0.05, 0) is 25.1 Å². The summed E-state index contributed by atoms with van der Waals surface area (Å²) in [4.78, 5) is 14.1. The molecule has 6 heteroatoms. The Labute approximate surface area is 111 Å². The van der Waals surface area contributed by atoms with Crippen molar-refractivity contribution in [2.24, 2.45) is 0 Å². The van der Waals surface area contributed by atoms with Gasteiger partial charge >= 0.3 is 0 Å². The van der Waals surface area contributed by atoms with Crippen molar-refractivity contribution in [3.05, 3.63) is 35.5 Å². The van der Waals surface area contributed by atoms with Gasteiger partial charge in [0.2, 0.25) is 0 Å². The van der Waals surface area contributed by atoms with Crippen molar-refractivity contribution in [1.82, 2.24) is 10.2 Å². The average Bonchev–Trinajstić information content (AvgIpc) is 2.69. The number of benzene rings is 1. The molecule has 100 valence electrons. The van der Waals surface area contributed by atoms with Crippen molar-refractivity contribution in [3.63, 3.8) is 0 Å². The maximum Gasteiger partial charge on any atom is 0.261 e. The number of hydrogen-bond donors (Lipinski definition) is 3. The largest absolute Gasteiger partial charge is 0.382 e. The molecular formula is C13H17N5O. The van der Waals surface area contributed by atoms with Crippen LogP contribution in [0.4, 0.5) is 17.2 Å². The topological polar surface area (TPSA) is 87.0 Å². The van der Waals surface area contributed by atoms with E-state index in [2.05, 4.69) is 15.5 Å². The number of aryl methyl sites for hydroxylation is 1. The molecule has 0 bridgehead atoms. The maximum absolute atomic E-state index is 12.1. The van der Waals surface area contributed by atoms with Crippen molar-refractivity contribution < 1.29 is 4.79 Å². The fourth-order valence-corrected chi connectivity index (χ4v) is 1.79. The molecule has 4 N–H and O–H groups in total. The molecule has 0 radical (unpaired) electrons. The fourth-order valence-electron chi connectivity index (χ4n) is 1.79. The van der Waals surface area contributed by atoms with Crippen LogP contribution < -0.4 is 16.0 Å². The molecule has 2 rings (SSSR count). The van der Waals surface area contributed by atoms with Crippen LogP contribution in [0.25, 0.3) is 0 Å². The summed E-state index contributed by atoms with van der Waals surface area (Å²) in [5.74, 6) is -0.0570. The van der Waals surface area contributed by atoms with E-state index in [1.165, 1.54) is 0 Å². The molecule has 0 aliphatic heterocycles. The third kappa shape index (κ3) is 2.67. The first-order valence-corrected chi connectivity index (χ1v) is 5.88. The van der Waals surface area contributed by atoms with E-state index in [1.54, 1.807) is 6.92 Å². The van der Waals surface area contributed by atoms with Gasteiger partial charge in [-0.3, -0.25) is 9.89 Å². The van der Waals surface area contributed by atoms with Crippen LogP contribution in [-0.4, -0.2) is 30.2 Å². The number of nitrogens with zero attached hydrogens (tertiary/aromatic N) is 2. The van der Waals surface area contributed by atoms with Gasteiger partial charge in [-0.25, -0.2) is 0 Å². The highest BCUT2D eigenvalue weighted by atomic mass is 16.1. The molecule has 0 aliphatic rings. The van der Waals surface area contributed by atoms with E-state index in [4.69, 9.17) is 5.73 Å². The van der Waals surface area contributed by atoms with E-state index < -0.39 is 0 Å². The summed E-state index contributed by atoms with van der Waals surface area (Å²) in [6.45, 7) is 1.76. The Hall–Kier alpha value is -2.50. The number of rotatable bonds is 3. The molecule has 0 saturated heterocycles. The molecule has 0 fully saturated rings. The SMILES string of the molecule is Cc1[nH]nc(N)c1C(=O)Nc1cccc(N(C)C)c1. The molecule has 2 aromatic rings. The van der Waals surface area contributed by atoms with Crippen molar-refractivity contribution in [3.8, 4) is 0 Å². The second-order valence-electron chi connectivity index (χ2n) is 4.51. The molecule has 0 saturated carbocycles. The number of nitrogens with two attached hydrogens (primary N) is 1. The van der Waals surface area contributed by atoms with E-state index in [9.17, 15) is 4.79 Å². The summed E-state index contributed by atoms with van der Waals surface area (Å²) in [5.41, 5.74) is 8.43. The second-order valence-corrected chi connectivity index (χ2v) is 4.51. The zero-order valence-electron chi connectivity index (χ0n) is 11.2. The number of anilines is 3. The normalized spacial score (nSPS) is 10.3. The average molecular weight is 259 g/mol. The van der Waals surface area contributed by atoms with Gasteiger partial charge in [0.1, 0.15) is 5.56 Å². The van der Waals surface area contributed by atoms with E-state index in [-0.39, 0.29) is 11.7 Å². The Morgan fingerprint density at radius 1 is 1.42 bits per heavy atom. The summed E-state index contributed by atoms with van der Waals surface area (Å²) in [6, 6.07) is 7.57. The Kier molecular flexibility index (Phi) is 3.41. The van der Waals surface area contributed by atoms with Crippen molar-refractivity contribution >= 4 is 23.1 Å². The Morgan fingerprint density at radius 3 is 2.74 bits per heavy atom. The number of amides is 1. The Bertz CT molecular complexity index is 583. The first-order valence-electron chi connectivity index (χ1n) is 5.88. The minimum absolute atomic E-state index is 0.207. The van der Waals surface area contributed by atoms with Crippen LogP contribution in [0.2, 0.25) is 0 Å². The molecule has 19 heavy (non-hydrogen) atoms. The first-order chi connectivity index (χ1) is 8.99. The van der Waals surface area contributed by atoms with Gasteiger partial charge in [0.15, 0.2) is 5.82 Å². The highest BCUT2D eigenvalue weighted by molar-refractivity contribution is 6.08. The summed E-state index contributed by atoms with van der Waals surface area (Å²) in [6.07, 6.45) is 0. The molecule has 1 aromatic heterocycles. The van der Waals surface area contributed by atoms with Crippen molar-refractivity contribution in [2.75, 3.05) is 30.0 Å². The Morgan fingerprint density at radius 2 is 2.16 bits per heavy atom. The highest BCUT2D eigenvalue weighted by Crippen LogP contribution is 2.19. The summed E-state index contributed by atoms with van der Waals surface area (Å²) in [5, 5.41) is 9.31. The van der Waals surface area contributed by atoms with E-state index in [0.717, 1.165) is 11.4 Å². The number of nitrogens with one attached hydrogen (secondary N) is 2. The van der Waals surface area contributed by atoms with Crippen LogP contribution in [0.3, 0.4) is 0 Å². The van der Waals surface area contributed by atoms with Crippen molar-refractivity contribution in [1.29, 1.82) is 0 Å². The van der Waals surface area contributed by atoms with Gasteiger partial charge in [0.05, 0.1) is 0 Å². The zero-order valence-corrected chi connectivity index (χ0v) is 11.2. The molecule has 0 unspecified atom stereocenters. The lowest BCUT2D eigenvalue weighted by Gasteiger charge is -2.14. The van der Waals surface area contributed by atoms with Gasteiger partial charge in [-0.2, -0.15) is 5.10 Å². The number of nitrogen functional groups attached to an aromatic ring is 1. The molecule has 0 aliphatic carbocycles. The van der Waals surface area contributed by atoms with Crippen LogP contribution in [0.5, 0.6) is 0 Å². The summed E-state index contributed by atoms with van der Waals surface area (Å²) < 4.78 is 0. The minimum atomic E-state index is -0.264. The van der Waals surface area contributed by atoms with Crippen molar-refractivity contribution in [2.45, 2.75) is 6.92 Å². The first kappa shape index (κ1) is 12.9. The van der Waals surface area contributed by atoms with E-state index in [0.29, 0.717) is 11.3 Å². The van der Waals surface area contributed by atoms with Crippen LogP contribution in [0.1, 0.15) is 16.1 Å². The zero-order chi connectivity index (χ0) is 14.0. The molecule has 1 aromatic carbocycles. The van der Waals surface area contributed by atoms with Crippen LogP contribution in [0.15, 0.2) is 24.3 Å². The van der Waals surface area contributed by atoms with Crippen LogP contribution in [0, 0.1) is 6.92 Å². The molecule has 0 spiro atoms. The summed E-state index contributed by atoms with van der Waals surface area (Å²) >= 11 is 0. The van der Waals surface area contributed by atoms with Gasteiger partial charge in [0.25, 0.3) is 5.91 Å². The van der Waals surface area contributed by atoms with Gasteiger partial charge in [0, 0.05) is 31.2 Å². The Balaban J connectivity index is 2.22. The van der Waals surface area contributed by atoms with E-state index in [1.807, 2.05) is 43.3 Å². The lowest BCUT2D eigenvalue weighted by molar-refractivity contribution is 0.102. The highest BCUT2D eigenvalue weighted by Gasteiger charge is 2.16. The molecular weight excluding hydrogens is 242 g/mol. The molecule has 1 heterocycles. The monoisotopic (exact) mass is 259 g/mol. The van der Waals surface area contributed by atoms with Gasteiger partial charge in [-0.1, -0.05) is 6.07 Å². The molecule has 0 atom stereocenters. The number of hydrogen-bond acceptors (Lipinski definition) is 4. The third-order valence-electron chi connectivity index (χ3n) is 2.82. The fraction of sp³-hybridized carbons (Fsp3) is 0.231. The molecule has 1 amide bonds. The number of carbonyl (C=O) groups excluding carboxylic acids is 1. The number of carbonyl (C=O) groups is 1. The number of aromatic amines is 1. The van der Waals surface area contributed by atoms with Gasteiger partial charge in [-0.15, -0.1) is 0 Å². The predicted molar refractivity (Wildman–Crippen MR) is 76.5 cm³/mol. The second kappa shape index (κ2) is 5.01. The summed E-state index contributed by atoms with van der Waals surface area (Å²) in [7, 11) is 3.89. The van der Waals surface area contributed by atoms with E-state index >= 15 is 0 Å². The van der Waals surface area contributed by atoms with Crippen LogP contribution in [-0.2, 0) is 0 Å². The predicted octanol–water partition coefficient (Wildman–Crippen LogP) is 1.62. The smallest absolute Gasteiger partial charge is 0.261 e. The standard InChI is InChI=1S/C13H17N5O/c1-8-11(12(14)17-16-8)13(19)15-9-5-4-6-10(7-9)18(2)3/h4-7H,1-3H3,(H,15,19)(H3,14,16,17). The van der Waals surface area contributed by atoms with Crippen LogP contribution >= 0.6 is 0 Å². The number of aromatic nitrogens is 2. The maximum atomic E-state index is 12.1. The lowest BCUT2D eigenvalue weighted by atomic mass is 10.2. The quantitative estimate of drug-likeness (QED) is 0.781. The minimum Gasteiger partial charge on any atom is -0.382 e.